The van der Waals surface area contributed by atoms with Crippen molar-refractivity contribution in [1.82, 2.24) is 0 Å². The number of hydrogen-bond acceptors (Lipinski definition) is 7. The van der Waals surface area contributed by atoms with E-state index in [1.54, 1.807) is 26.4 Å². The van der Waals surface area contributed by atoms with Gasteiger partial charge in [0, 0.05) is 20.0 Å². The standard InChI is InChI=1S/C31H41FO7/c1-7-9-22(3)28(38-21-34-4)19-26(17-18-37-20-23-11-14-25(35-5)15-12-23)39-31(33)29-24(10-8-2)13-16-27(32)30(29)36-6/h7-8,11-16,22,26,28H,1-2,9-10,17-21H2,3-6H3/t22-,26-,28+/m0/s1. The first kappa shape index (κ1) is 32.0. The molecule has 0 bridgehead atoms. The van der Waals surface area contributed by atoms with Gasteiger partial charge < -0.3 is 28.4 Å². The summed E-state index contributed by atoms with van der Waals surface area (Å²) in [5.41, 5.74) is 1.61. The minimum Gasteiger partial charge on any atom is -0.497 e. The summed E-state index contributed by atoms with van der Waals surface area (Å²) in [5.74, 6) is -0.604. The summed E-state index contributed by atoms with van der Waals surface area (Å²) in [6, 6.07) is 10.4. The summed E-state index contributed by atoms with van der Waals surface area (Å²) in [7, 11) is 4.49. The van der Waals surface area contributed by atoms with Crippen molar-refractivity contribution in [3.63, 3.8) is 0 Å². The molecule has 0 saturated heterocycles. The highest BCUT2D eigenvalue weighted by atomic mass is 19.1. The maximum Gasteiger partial charge on any atom is 0.342 e. The van der Waals surface area contributed by atoms with Crippen LogP contribution in [0.1, 0.15) is 47.7 Å². The predicted molar refractivity (Wildman–Crippen MR) is 149 cm³/mol. The molecule has 0 spiro atoms. The Morgan fingerprint density at radius 2 is 1.77 bits per heavy atom. The first-order valence-corrected chi connectivity index (χ1v) is 13.0. The fraction of sp³-hybridized carbons (Fsp3) is 0.452. The molecule has 2 aromatic carbocycles. The maximum absolute atomic E-state index is 14.5. The normalized spacial score (nSPS) is 13.3. The summed E-state index contributed by atoms with van der Waals surface area (Å²) in [6.07, 6.45) is 4.48. The van der Waals surface area contributed by atoms with Crippen LogP contribution < -0.4 is 9.47 Å². The lowest BCUT2D eigenvalue weighted by molar-refractivity contribution is -0.104. The van der Waals surface area contributed by atoms with Crippen LogP contribution in [0.4, 0.5) is 4.39 Å². The van der Waals surface area contributed by atoms with Crippen LogP contribution in [-0.4, -0.2) is 52.9 Å². The molecule has 0 radical (unpaired) electrons. The van der Waals surface area contributed by atoms with Crippen molar-refractivity contribution in [2.75, 3.05) is 34.7 Å². The molecular formula is C31H41FO7. The molecule has 0 aliphatic heterocycles. The van der Waals surface area contributed by atoms with E-state index in [1.165, 1.54) is 13.2 Å². The van der Waals surface area contributed by atoms with Crippen LogP contribution in [0.5, 0.6) is 11.5 Å². The van der Waals surface area contributed by atoms with E-state index in [0.29, 0.717) is 44.5 Å². The molecule has 0 aromatic heterocycles. The SMILES string of the molecule is C=CCc1ccc(F)c(OC)c1C(=O)O[C@@H](CCOCc1ccc(OC)cc1)C[C@@H](OCOC)[C@@H](C)CC=C. The Labute approximate surface area is 231 Å². The monoisotopic (exact) mass is 544 g/mol. The Kier molecular flexibility index (Phi) is 14.3. The minimum atomic E-state index is -0.676. The van der Waals surface area contributed by atoms with Gasteiger partial charge in [-0.15, -0.1) is 13.2 Å². The number of hydrogen-bond donors (Lipinski definition) is 0. The van der Waals surface area contributed by atoms with Crippen LogP contribution in [0.3, 0.4) is 0 Å². The molecule has 2 rings (SSSR count). The topological polar surface area (TPSA) is 72.5 Å². The third-order valence-corrected chi connectivity index (χ3v) is 6.32. The molecule has 0 saturated carbocycles. The second-order valence-corrected chi connectivity index (χ2v) is 9.17. The Hall–Kier alpha value is -3.20. The number of benzene rings is 2. The van der Waals surface area contributed by atoms with Gasteiger partial charge >= 0.3 is 5.97 Å². The Morgan fingerprint density at radius 3 is 2.38 bits per heavy atom. The first-order chi connectivity index (χ1) is 18.9. The van der Waals surface area contributed by atoms with Crippen molar-refractivity contribution in [2.24, 2.45) is 5.92 Å². The molecule has 0 amide bonds. The van der Waals surface area contributed by atoms with Gasteiger partial charge in [0.05, 0.1) is 33.5 Å². The molecule has 0 heterocycles. The molecule has 2 aromatic rings. The van der Waals surface area contributed by atoms with E-state index in [1.807, 2.05) is 37.3 Å². The number of halogens is 1. The van der Waals surface area contributed by atoms with Gasteiger partial charge in [0.1, 0.15) is 24.2 Å². The Balaban J connectivity index is 2.22. The van der Waals surface area contributed by atoms with E-state index in [4.69, 9.17) is 28.4 Å². The molecule has 0 unspecified atom stereocenters. The van der Waals surface area contributed by atoms with Crippen molar-refractivity contribution < 1.29 is 37.6 Å². The van der Waals surface area contributed by atoms with E-state index >= 15 is 0 Å². The van der Waals surface area contributed by atoms with Gasteiger partial charge in [-0.05, 0) is 48.1 Å². The minimum absolute atomic E-state index is 0.0510. The van der Waals surface area contributed by atoms with Crippen LogP contribution in [0.2, 0.25) is 0 Å². The second kappa shape index (κ2) is 17.4. The zero-order valence-electron chi connectivity index (χ0n) is 23.5. The van der Waals surface area contributed by atoms with Crippen molar-refractivity contribution in [1.29, 1.82) is 0 Å². The Bertz CT molecular complexity index is 1040. The molecule has 39 heavy (non-hydrogen) atoms. The smallest absolute Gasteiger partial charge is 0.342 e. The lowest BCUT2D eigenvalue weighted by Gasteiger charge is -2.28. The number of allylic oxidation sites excluding steroid dienone is 2. The fourth-order valence-electron chi connectivity index (χ4n) is 4.20. The van der Waals surface area contributed by atoms with Gasteiger partial charge in [-0.1, -0.05) is 37.3 Å². The average Bonchev–Trinajstić information content (AvgIpc) is 2.94. The number of esters is 1. The van der Waals surface area contributed by atoms with Crippen LogP contribution >= 0.6 is 0 Å². The third kappa shape index (κ3) is 10.1. The zero-order chi connectivity index (χ0) is 28.6. The number of rotatable bonds is 19. The molecule has 0 fully saturated rings. The summed E-state index contributed by atoms with van der Waals surface area (Å²) in [5, 5.41) is 0. The number of methoxy groups -OCH3 is 3. The fourth-order valence-corrected chi connectivity index (χ4v) is 4.20. The molecule has 0 N–H and O–H groups in total. The first-order valence-electron chi connectivity index (χ1n) is 13.0. The van der Waals surface area contributed by atoms with Crippen LogP contribution in [0.25, 0.3) is 0 Å². The lowest BCUT2D eigenvalue weighted by Crippen LogP contribution is -2.31. The van der Waals surface area contributed by atoms with Crippen molar-refractivity contribution in [3.8, 4) is 11.5 Å². The van der Waals surface area contributed by atoms with Gasteiger partial charge in [0.2, 0.25) is 0 Å². The molecule has 214 valence electrons. The van der Waals surface area contributed by atoms with Gasteiger partial charge in [-0.3, -0.25) is 0 Å². The van der Waals surface area contributed by atoms with Crippen molar-refractivity contribution >= 4 is 5.97 Å². The molecule has 7 nitrogen and oxygen atoms in total. The predicted octanol–water partition coefficient (Wildman–Crippen LogP) is 6.30. The maximum atomic E-state index is 14.5. The van der Waals surface area contributed by atoms with E-state index in [9.17, 15) is 9.18 Å². The molecule has 3 atom stereocenters. The number of ether oxygens (including phenoxy) is 6. The molecular weight excluding hydrogens is 503 g/mol. The quantitative estimate of drug-likeness (QED) is 0.0890. The average molecular weight is 545 g/mol. The van der Waals surface area contributed by atoms with Gasteiger partial charge in [-0.2, -0.15) is 0 Å². The summed E-state index contributed by atoms with van der Waals surface area (Å²) < 4.78 is 47.9. The summed E-state index contributed by atoms with van der Waals surface area (Å²) in [6.45, 7) is 10.4. The van der Waals surface area contributed by atoms with Crippen molar-refractivity contribution in [3.05, 3.63) is 84.2 Å². The third-order valence-electron chi connectivity index (χ3n) is 6.32. The Morgan fingerprint density at radius 1 is 1.03 bits per heavy atom. The second-order valence-electron chi connectivity index (χ2n) is 9.17. The zero-order valence-corrected chi connectivity index (χ0v) is 23.5. The molecule has 8 heteroatoms. The highest BCUT2D eigenvalue weighted by molar-refractivity contribution is 5.94. The van der Waals surface area contributed by atoms with Gasteiger partial charge in [0.15, 0.2) is 11.6 Å². The molecule has 0 aliphatic carbocycles. The van der Waals surface area contributed by atoms with E-state index in [2.05, 4.69) is 13.2 Å². The van der Waals surface area contributed by atoms with E-state index in [0.717, 1.165) is 11.3 Å². The molecule has 0 aliphatic rings. The van der Waals surface area contributed by atoms with Crippen LogP contribution in [0.15, 0.2) is 61.7 Å². The summed E-state index contributed by atoms with van der Waals surface area (Å²) >= 11 is 0. The van der Waals surface area contributed by atoms with Crippen molar-refractivity contribution in [2.45, 2.75) is 51.4 Å². The lowest BCUT2D eigenvalue weighted by atomic mass is 9.94. The largest absolute Gasteiger partial charge is 0.497 e. The van der Waals surface area contributed by atoms with Gasteiger partial charge in [-0.25, -0.2) is 9.18 Å². The van der Waals surface area contributed by atoms with Crippen LogP contribution in [-0.2, 0) is 32.0 Å². The number of carbonyl (C=O) groups is 1. The van der Waals surface area contributed by atoms with E-state index in [-0.39, 0.29) is 30.1 Å². The van der Waals surface area contributed by atoms with Gasteiger partial charge in [0.25, 0.3) is 0 Å². The van der Waals surface area contributed by atoms with E-state index < -0.39 is 17.9 Å². The van der Waals surface area contributed by atoms with Crippen LogP contribution in [0, 0.1) is 11.7 Å². The summed E-state index contributed by atoms with van der Waals surface area (Å²) in [4.78, 5) is 13.5. The highest BCUT2D eigenvalue weighted by Gasteiger charge is 2.28. The number of carbonyl (C=O) groups excluding carboxylic acids is 1. The highest BCUT2D eigenvalue weighted by Crippen LogP contribution is 2.29.